The molecule has 2 rings (SSSR count). The lowest BCUT2D eigenvalue weighted by atomic mass is 10.1. The van der Waals surface area contributed by atoms with Crippen molar-refractivity contribution in [2.45, 2.75) is 6.92 Å². The standard InChI is InChI=1S/C12H12N2O3/c1-7(12(16)17)11(15)14-9-2-3-10-8(6-9)4-5-13-10/h2-7,13H,1H3,(H,14,15)(H,16,17). The molecule has 88 valence electrons. The van der Waals surface area contributed by atoms with Gasteiger partial charge in [-0.25, -0.2) is 0 Å². The van der Waals surface area contributed by atoms with E-state index < -0.39 is 17.8 Å². The predicted molar refractivity (Wildman–Crippen MR) is 63.7 cm³/mol. The Labute approximate surface area is 97.4 Å². The molecule has 5 heteroatoms. The van der Waals surface area contributed by atoms with Crippen molar-refractivity contribution in [3.63, 3.8) is 0 Å². The molecule has 0 fully saturated rings. The van der Waals surface area contributed by atoms with E-state index in [1.165, 1.54) is 6.92 Å². The molecule has 1 unspecified atom stereocenters. The maximum absolute atomic E-state index is 11.5. The largest absolute Gasteiger partial charge is 0.481 e. The number of anilines is 1. The van der Waals surface area contributed by atoms with E-state index in [0.717, 1.165) is 10.9 Å². The summed E-state index contributed by atoms with van der Waals surface area (Å²) in [5.41, 5.74) is 1.56. The zero-order chi connectivity index (χ0) is 12.4. The SMILES string of the molecule is CC(C(=O)O)C(=O)Nc1ccc2[nH]ccc2c1. The quantitative estimate of drug-likeness (QED) is 0.706. The second-order valence-electron chi connectivity index (χ2n) is 3.83. The van der Waals surface area contributed by atoms with Gasteiger partial charge in [0.05, 0.1) is 0 Å². The van der Waals surface area contributed by atoms with E-state index in [1.54, 1.807) is 18.3 Å². The molecule has 0 bridgehead atoms. The summed E-state index contributed by atoms with van der Waals surface area (Å²) in [6.07, 6.45) is 1.80. The molecule has 1 amide bonds. The number of H-pyrrole nitrogens is 1. The van der Waals surface area contributed by atoms with Crippen LogP contribution >= 0.6 is 0 Å². The molecular weight excluding hydrogens is 220 g/mol. The van der Waals surface area contributed by atoms with Gasteiger partial charge in [-0.15, -0.1) is 0 Å². The number of carbonyl (C=O) groups excluding carboxylic acids is 1. The van der Waals surface area contributed by atoms with Crippen molar-refractivity contribution in [3.05, 3.63) is 30.5 Å². The number of rotatable bonds is 3. The highest BCUT2D eigenvalue weighted by atomic mass is 16.4. The molecular formula is C12H12N2O3. The van der Waals surface area contributed by atoms with Gasteiger partial charge in [0.25, 0.3) is 0 Å². The summed E-state index contributed by atoms with van der Waals surface area (Å²) in [6, 6.07) is 7.23. The van der Waals surface area contributed by atoms with Crippen LogP contribution in [0.4, 0.5) is 5.69 Å². The smallest absolute Gasteiger partial charge is 0.315 e. The zero-order valence-corrected chi connectivity index (χ0v) is 9.23. The van der Waals surface area contributed by atoms with Crippen LogP contribution in [0.1, 0.15) is 6.92 Å². The molecule has 0 aliphatic heterocycles. The van der Waals surface area contributed by atoms with Crippen LogP contribution in [0.2, 0.25) is 0 Å². The fourth-order valence-corrected chi connectivity index (χ4v) is 1.49. The van der Waals surface area contributed by atoms with Crippen LogP contribution in [0, 0.1) is 5.92 Å². The molecule has 1 aromatic carbocycles. The molecule has 0 spiro atoms. The number of fused-ring (bicyclic) bond motifs is 1. The van der Waals surface area contributed by atoms with Crippen molar-refractivity contribution in [3.8, 4) is 0 Å². The van der Waals surface area contributed by atoms with Crippen molar-refractivity contribution >= 4 is 28.5 Å². The van der Waals surface area contributed by atoms with Gasteiger partial charge in [0, 0.05) is 22.8 Å². The molecule has 2 aromatic rings. The maximum atomic E-state index is 11.5. The predicted octanol–water partition coefficient (Wildman–Crippen LogP) is 1.83. The van der Waals surface area contributed by atoms with Gasteiger partial charge < -0.3 is 15.4 Å². The number of carbonyl (C=O) groups is 2. The Bertz CT molecular complexity index is 574. The molecule has 0 aliphatic rings. The molecule has 0 saturated carbocycles. The number of aliphatic carboxylic acids is 1. The first-order valence-electron chi connectivity index (χ1n) is 5.19. The van der Waals surface area contributed by atoms with E-state index in [-0.39, 0.29) is 0 Å². The normalized spacial score (nSPS) is 12.3. The van der Waals surface area contributed by atoms with Gasteiger partial charge in [0.1, 0.15) is 5.92 Å². The van der Waals surface area contributed by atoms with Crippen LogP contribution in [-0.2, 0) is 9.59 Å². The van der Waals surface area contributed by atoms with Crippen molar-refractivity contribution in [2.75, 3.05) is 5.32 Å². The Morgan fingerprint density at radius 2 is 2.12 bits per heavy atom. The number of nitrogens with one attached hydrogen (secondary N) is 2. The summed E-state index contributed by atoms with van der Waals surface area (Å²) >= 11 is 0. The van der Waals surface area contributed by atoms with Crippen molar-refractivity contribution in [1.82, 2.24) is 4.98 Å². The second-order valence-corrected chi connectivity index (χ2v) is 3.83. The third kappa shape index (κ3) is 2.28. The number of hydrogen-bond donors (Lipinski definition) is 3. The number of aromatic amines is 1. The number of carboxylic acids is 1. The molecule has 5 nitrogen and oxygen atoms in total. The van der Waals surface area contributed by atoms with Crippen LogP contribution in [0.5, 0.6) is 0 Å². The Morgan fingerprint density at radius 3 is 2.82 bits per heavy atom. The van der Waals surface area contributed by atoms with Crippen LogP contribution < -0.4 is 5.32 Å². The lowest BCUT2D eigenvalue weighted by Crippen LogP contribution is -2.26. The highest BCUT2D eigenvalue weighted by Gasteiger charge is 2.20. The van der Waals surface area contributed by atoms with Crippen LogP contribution in [0.25, 0.3) is 10.9 Å². The highest BCUT2D eigenvalue weighted by molar-refractivity contribution is 6.04. The van der Waals surface area contributed by atoms with E-state index >= 15 is 0 Å². The van der Waals surface area contributed by atoms with Crippen LogP contribution in [0.3, 0.4) is 0 Å². The zero-order valence-electron chi connectivity index (χ0n) is 9.23. The summed E-state index contributed by atoms with van der Waals surface area (Å²) in [4.78, 5) is 25.2. The highest BCUT2D eigenvalue weighted by Crippen LogP contribution is 2.18. The van der Waals surface area contributed by atoms with E-state index in [2.05, 4.69) is 10.3 Å². The lowest BCUT2D eigenvalue weighted by Gasteiger charge is -2.08. The van der Waals surface area contributed by atoms with E-state index in [9.17, 15) is 9.59 Å². The number of aromatic nitrogens is 1. The summed E-state index contributed by atoms with van der Waals surface area (Å²) in [7, 11) is 0. The van der Waals surface area contributed by atoms with Gasteiger partial charge in [-0.2, -0.15) is 0 Å². The van der Waals surface area contributed by atoms with Gasteiger partial charge in [0.15, 0.2) is 0 Å². The molecule has 0 aliphatic carbocycles. The summed E-state index contributed by atoms with van der Waals surface area (Å²) < 4.78 is 0. The lowest BCUT2D eigenvalue weighted by molar-refractivity contribution is -0.144. The molecule has 0 radical (unpaired) electrons. The third-order valence-electron chi connectivity index (χ3n) is 2.58. The average molecular weight is 232 g/mol. The van der Waals surface area contributed by atoms with E-state index in [0.29, 0.717) is 5.69 Å². The minimum Gasteiger partial charge on any atom is -0.481 e. The first-order valence-corrected chi connectivity index (χ1v) is 5.19. The first-order chi connectivity index (χ1) is 8.08. The van der Waals surface area contributed by atoms with E-state index in [4.69, 9.17) is 5.11 Å². The Kier molecular flexibility index (Phi) is 2.82. The number of carboxylic acid groups (broad SMARTS) is 1. The monoisotopic (exact) mass is 232 g/mol. The molecule has 3 N–H and O–H groups in total. The van der Waals surface area contributed by atoms with Crippen LogP contribution in [-0.4, -0.2) is 22.0 Å². The number of amides is 1. The minimum atomic E-state index is -1.13. The third-order valence-corrected chi connectivity index (χ3v) is 2.58. The second kappa shape index (κ2) is 4.29. The molecule has 17 heavy (non-hydrogen) atoms. The van der Waals surface area contributed by atoms with Gasteiger partial charge in [0.2, 0.25) is 5.91 Å². The van der Waals surface area contributed by atoms with Crippen LogP contribution in [0.15, 0.2) is 30.5 Å². The maximum Gasteiger partial charge on any atom is 0.315 e. The summed E-state index contributed by atoms with van der Waals surface area (Å²) in [5, 5.41) is 12.2. The van der Waals surface area contributed by atoms with Crippen molar-refractivity contribution in [2.24, 2.45) is 5.92 Å². The number of benzene rings is 1. The average Bonchev–Trinajstić information content (AvgIpc) is 2.74. The topological polar surface area (TPSA) is 82.2 Å². The minimum absolute atomic E-state index is 0.521. The Hall–Kier alpha value is -2.30. The van der Waals surface area contributed by atoms with Gasteiger partial charge in [-0.1, -0.05) is 0 Å². The fraction of sp³-hybridized carbons (Fsp3) is 0.167. The fourth-order valence-electron chi connectivity index (χ4n) is 1.49. The Balaban J connectivity index is 2.18. The Morgan fingerprint density at radius 1 is 1.35 bits per heavy atom. The molecule has 1 aromatic heterocycles. The van der Waals surface area contributed by atoms with E-state index in [1.807, 2.05) is 12.1 Å². The van der Waals surface area contributed by atoms with Crippen molar-refractivity contribution in [1.29, 1.82) is 0 Å². The summed E-state index contributed by atoms with van der Waals surface area (Å²) in [6.45, 7) is 1.35. The van der Waals surface area contributed by atoms with Gasteiger partial charge in [-0.3, -0.25) is 9.59 Å². The number of hydrogen-bond acceptors (Lipinski definition) is 2. The first kappa shape index (κ1) is 11.2. The summed E-state index contributed by atoms with van der Waals surface area (Å²) in [5.74, 6) is -2.71. The van der Waals surface area contributed by atoms with Gasteiger partial charge >= 0.3 is 5.97 Å². The molecule has 1 atom stereocenters. The molecule has 0 saturated heterocycles. The molecule has 1 heterocycles. The van der Waals surface area contributed by atoms with Crippen molar-refractivity contribution < 1.29 is 14.7 Å². The van der Waals surface area contributed by atoms with Gasteiger partial charge in [-0.05, 0) is 31.2 Å².